The SMILES string of the molecule is CCOC(=O)C=Cc1ccc(F)cc1B1OC(C)(C)C(C)(C)O1. The number of hydrogen-bond donors (Lipinski definition) is 0. The fourth-order valence-electron chi connectivity index (χ4n) is 2.22. The summed E-state index contributed by atoms with van der Waals surface area (Å²) >= 11 is 0. The summed E-state index contributed by atoms with van der Waals surface area (Å²) in [7, 11) is -0.697. The second kappa shape index (κ2) is 6.45. The minimum absolute atomic E-state index is 0.302. The van der Waals surface area contributed by atoms with Gasteiger partial charge in [0.15, 0.2) is 0 Å². The van der Waals surface area contributed by atoms with Gasteiger partial charge in [-0.15, -0.1) is 0 Å². The third-order valence-electron chi connectivity index (χ3n) is 4.24. The molecule has 0 bridgehead atoms. The molecule has 0 aromatic heterocycles. The van der Waals surface area contributed by atoms with Crippen LogP contribution in [-0.2, 0) is 18.8 Å². The molecule has 0 radical (unpaired) electrons. The third kappa shape index (κ3) is 3.82. The van der Waals surface area contributed by atoms with Crippen molar-refractivity contribution < 1.29 is 23.2 Å². The molecule has 1 aliphatic rings. The van der Waals surface area contributed by atoms with Crippen LogP contribution in [-0.4, -0.2) is 30.9 Å². The van der Waals surface area contributed by atoms with Crippen molar-refractivity contribution in [3.8, 4) is 0 Å². The van der Waals surface area contributed by atoms with E-state index in [0.717, 1.165) is 0 Å². The van der Waals surface area contributed by atoms with Crippen molar-refractivity contribution in [2.45, 2.75) is 45.8 Å². The Kier molecular flexibility index (Phi) is 4.97. The predicted molar refractivity (Wildman–Crippen MR) is 87.8 cm³/mol. The summed E-state index contributed by atoms with van der Waals surface area (Å²) in [5.41, 5.74) is 0.153. The molecule has 1 aliphatic heterocycles. The molecule has 0 unspecified atom stereocenters. The van der Waals surface area contributed by atoms with Gasteiger partial charge in [-0.2, -0.15) is 0 Å². The summed E-state index contributed by atoms with van der Waals surface area (Å²) < 4.78 is 30.5. The van der Waals surface area contributed by atoms with Crippen molar-refractivity contribution in [2.75, 3.05) is 6.61 Å². The van der Waals surface area contributed by atoms with E-state index in [4.69, 9.17) is 14.0 Å². The van der Waals surface area contributed by atoms with Gasteiger partial charge in [-0.05, 0) is 63.9 Å². The van der Waals surface area contributed by atoms with Gasteiger partial charge in [-0.1, -0.05) is 6.07 Å². The van der Waals surface area contributed by atoms with Crippen molar-refractivity contribution in [3.63, 3.8) is 0 Å². The zero-order valence-electron chi connectivity index (χ0n) is 14.2. The van der Waals surface area contributed by atoms with E-state index in [2.05, 4.69) is 0 Å². The number of esters is 1. The minimum atomic E-state index is -0.697. The number of hydrogen-bond acceptors (Lipinski definition) is 4. The standard InChI is InChI=1S/C17H22BFO4/c1-6-21-15(20)10-8-12-7-9-13(19)11-14(12)18-22-16(2,3)17(4,5)23-18/h7-11H,6H2,1-5H3. The van der Waals surface area contributed by atoms with Gasteiger partial charge >= 0.3 is 13.1 Å². The molecule has 1 fully saturated rings. The number of rotatable bonds is 4. The molecule has 0 spiro atoms. The van der Waals surface area contributed by atoms with Crippen LogP contribution in [0.25, 0.3) is 6.08 Å². The summed E-state index contributed by atoms with van der Waals surface area (Å²) in [6.07, 6.45) is 2.89. The topological polar surface area (TPSA) is 44.8 Å². The van der Waals surface area contributed by atoms with Crippen molar-refractivity contribution in [1.29, 1.82) is 0 Å². The maximum atomic E-state index is 13.7. The molecule has 0 amide bonds. The van der Waals surface area contributed by atoms with Gasteiger partial charge in [0.1, 0.15) is 5.82 Å². The summed E-state index contributed by atoms with van der Waals surface area (Å²) in [5.74, 6) is -0.834. The smallest absolute Gasteiger partial charge is 0.463 e. The quantitative estimate of drug-likeness (QED) is 0.486. The number of carbonyl (C=O) groups excluding carboxylic acids is 1. The number of benzene rings is 1. The van der Waals surface area contributed by atoms with Crippen molar-refractivity contribution in [2.24, 2.45) is 0 Å². The van der Waals surface area contributed by atoms with Gasteiger partial charge in [0, 0.05) is 6.08 Å². The Hall–Kier alpha value is -1.66. The Bertz CT molecular complexity index is 609. The summed E-state index contributed by atoms with van der Waals surface area (Å²) in [6.45, 7) is 9.76. The van der Waals surface area contributed by atoms with Crippen LogP contribution in [0.2, 0.25) is 0 Å². The maximum absolute atomic E-state index is 13.7. The summed E-state index contributed by atoms with van der Waals surface area (Å²) in [4.78, 5) is 11.5. The molecule has 0 N–H and O–H groups in total. The molecule has 0 saturated carbocycles. The molecule has 2 rings (SSSR count). The van der Waals surface area contributed by atoms with Crippen molar-refractivity contribution in [1.82, 2.24) is 0 Å². The molecule has 124 valence electrons. The van der Waals surface area contributed by atoms with E-state index in [1.807, 2.05) is 27.7 Å². The van der Waals surface area contributed by atoms with Crippen LogP contribution in [0.1, 0.15) is 40.2 Å². The highest BCUT2D eigenvalue weighted by Crippen LogP contribution is 2.36. The van der Waals surface area contributed by atoms with Gasteiger partial charge in [-0.3, -0.25) is 0 Å². The highest BCUT2D eigenvalue weighted by Gasteiger charge is 2.52. The van der Waals surface area contributed by atoms with Gasteiger partial charge in [-0.25, -0.2) is 9.18 Å². The Morgan fingerprint density at radius 1 is 1.26 bits per heavy atom. The molecule has 6 heteroatoms. The molecule has 1 heterocycles. The summed E-state index contributed by atoms with van der Waals surface area (Å²) in [5, 5.41) is 0. The van der Waals surface area contributed by atoms with E-state index in [1.54, 1.807) is 19.1 Å². The second-order valence-electron chi connectivity index (χ2n) is 6.45. The number of carbonyl (C=O) groups is 1. The van der Waals surface area contributed by atoms with E-state index in [0.29, 0.717) is 17.6 Å². The first-order valence-corrected chi connectivity index (χ1v) is 7.66. The lowest BCUT2D eigenvalue weighted by Crippen LogP contribution is -2.41. The van der Waals surface area contributed by atoms with Crippen LogP contribution in [0.3, 0.4) is 0 Å². The van der Waals surface area contributed by atoms with Crippen LogP contribution in [0.15, 0.2) is 24.3 Å². The largest absolute Gasteiger partial charge is 0.495 e. The van der Waals surface area contributed by atoms with E-state index >= 15 is 0 Å². The maximum Gasteiger partial charge on any atom is 0.495 e. The lowest BCUT2D eigenvalue weighted by Gasteiger charge is -2.32. The van der Waals surface area contributed by atoms with Crippen LogP contribution >= 0.6 is 0 Å². The zero-order valence-corrected chi connectivity index (χ0v) is 14.2. The molecule has 23 heavy (non-hydrogen) atoms. The molecular weight excluding hydrogens is 298 g/mol. The first kappa shape index (κ1) is 17.7. The second-order valence-corrected chi connectivity index (χ2v) is 6.45. The molecule has 1 saturated heterocycles. The zero-order chi connectivity index (χ0) is 17.3. The Morgan fingerprint density at radius 3 is 2.43 bits per heavy atom. The highest BCUT2D eigenvalue weighted by molar-refractivity contribution is 6.63. The van der Waals surface area contributed by atoms with Gasteiger partial charge in [0.2, 0.25) is 0 Å². The van der Waals surface area contributed by atoms with Gasteiger partial charge < -0.3 is 14.0 Å². The lowest BCUT2D eigenvalue weighted by atomic mass is 9.75. The van der Waals surface area contributed by atoms with Gasteiger partial charge in [0.05, 0.1) is 17.8 Å². The predicted octanol–water partition coefficient (Wildman–Crippen LogP) is 2.70. The van der Waals surface area contributed by atoms with Gasteiger partial charge in [0.25, 0.3) is 0 Å². The number of halogens is 1. The first-order valence-electron chi connectivity index (χ1n) is 7.66. The fraction of sp³-hybridized carbons (Fsp3) is 0.471. The van der Waals surface area contributed by atoms with Crippen molar-refractivity contribution >= 4 is 24.6 Å². The fourth-order valence-corrected chi connectivity index (χ4v) is 2.22. The summed E-state index contributed by atoms with van der Waals surface area (Å²) in [6, 6.07) is 4.29. The third-order valence-corrected chi connectivity index (χ3v) is 4.24. The van der Waals surface area contributed by atoms with E-state index in [1.165, 1.54) is 18.2 Å². The van der Waals surface area contributed by atoms with Crippen LogP contribution in [0.5, 0.6) is 0 Å². The van der Waals surface area contributed by atoms with E-state index in [-0.39, 0.29) is 5.82 Å². The average molecular weight is 320 g/mol. The number of ether oxygens (including phenoxy) is 1. The Balaban J connectivity index is 2.32. The van der Waals surface area contributed by atoms with E-state index < -0.39 is 24.3 Å². The Labute approximate surface area is 136 Å². The molecule has 0 aliphatic carbocycles. The first-order chi connectivity index (χ1) is 10.7. The van der Waals surface area contributed by atoms with Crippen LogP contribution in [0.4, 0.5) is 4.39 Å². The normalized spacial score (nSPS) is 19.3. The monoisotopic (exact) mass is 320 g/mol. The van der Waals surface area contributed by atoms with Crippen LogP contribution in [0, 0.1) is 5.82 Å². The highest BCUT2D eigenvalue weighted by atomic mass is 19.1. The molecule has 0 atom stereocenters. The minimum Gasteiger partial charge on any atom is -0.463 e. The molecular formula is C17H22BFO4. The molecule has 4 nitrogen and oxygen atoms in total. The average Bonchev–Trinajstić information content (AvgIpc) is 2.66. The van der Waals surface area contributed by atoms with Crippen LogP contribution < -0.4 is 5.46 Å². The van der Waals surface area contributed by atoms with E-state index in [9.17, 15) is 9.18 Å². The Morgan fingerprint density at radius 2 is 1.87 bits per heavy atom. The molecule has 1 aromatic carbocycles. The van der Waals surface area contributed by atoms with Crippen molar-refractivity contribution in [3.05, 3.63) is 35.7 Å². The molecule has 1 aromatic rings. The lowest BCUT2D eigenvalue weighted by molar-refractivity contribution is -0.137.